The van der Waals surface area contributed by atoms with Crippen LogP contribution in [0.25, 0.3) is 16.9 Å². The number of amides is 1. The molecule has 0 aliphatic heterocycles. The molecule has 0 saturated heterocycles. The van der Waals surface area contributed by atoms with Gasteiger partial charge < -0.3 is 5.32 Å². The summed E-state index contributed by atoms with van der Waals surface area (Å²) in [5.41, 5.74) is 3.81. The van der Waals surface area contributed by atoms with Crippen LogP contribution >= 0.6 is 15.9 Å². The lowest BCUT2D eigenvalue weighted by Crippen LogP contribution is -2.24. The SMILES string of the molecule is O=C(NCc1ccccc1)c1cccc(Br)c1-n1cnc2cccnc21. The van der Waals surface area contributed by atoms with Gasteiger partial charge in [0.15, 0.2) is 5.65 Å². The molecule has 5 nitrogen and oxygen atoms in total. The number of hydrogen-bond acceptors (Lipinski definition) is 3. The van der Waals surface area contributed by atoms with Gasteiger partial charge in [-0.05, 0) is 45.8 Å². The highest BCUT2D eigenvalue weighted by atomic mass is 79.9. The Morgan fingerprint density at radius 3 is 2.69 bits per heavy atom. The molecule has 6 heteroatoms. The number of rotatable bonds is 4. The standard InChI is InChI=1S/C20H15BrN4O/c21-16-9-4-8-15(20(26)23-12-14-6-2-1-3-7-14)18(16)25-13-24-17-10-5-11-22-19(17)25/h1-11,13H,12H2,(H,23,26). The Kier molecular flexibility index (Phi) is 4.50. The van der Waals surface area contributed by atoms with Crippen molar-refractivity contribution in [2.45, 2.75) is 6.54 Å². The molecule has 0 aliphatic carbocycles. The van der Waals surface area contributed by atoms with Gasteiger partial charge in [0.2, 0.25) is 0 Å². The molecule has 2 aromatic heterocycles. The van der Waals surface area contributed by atoms with E-state index < -0.39 is 0 Å². The lowest BCUT2D eigenvalue weighted by molar-refractivity contribution is 0.0951. The topological polar surface area (TPSA) is 59.8 Å². The Morgan fingerprint density at radius 2 is 1.85 bits per heavy atom. The van der Waals surface area contributed by atoms with Gasteiger partial charge in [-0.2, -0.15) is 0 Å². The monoisotopic (exact) mass is 406 g/mol. The minimum Gasteiger partial charge on any atom is -0.348 e. The second kappa shape index (κ2) is 7.09. The highest BCUT2D eigenvalue weighted by Crippen LogP contribution is 2.27. The van der Waals surface area contributed by atoms with Crippen molar-refractivity contribution in [3.8, 4) is 5.69 Å². The predicted octanol–water partition coefficient (Wildman–Crippen LogP) is 4.11. The van der Waals surface area contributed by atoms with Gasteiger partial charge in [-0.1, -0.05) is 36.4 Å². The molecule has 0 radical (unpaired) electrons. The number of benzene rings is 2. The number of hydrogen-bond donors (Lipinski definition) is 1. The number of nitrogens with one attached hydrogen (secondary N) is 1. The van der Waals surface area contributed by atoms with E-state index in [4.69, 9.17) is 0 Å². The molecule has 4 rings (SSSR count). The van der Waals surface area contributed by atoms with Crippen molar-refractivity contribution >= 4 is 33.0 Å². The fourth-order valence-electron chi connectivity index (χ4n) is 2.83. The molecule has 1 amide bonds. The summed E-state index contributed by atoms with van der Waals surface area (Å²) < 4.78 is 2.63. The summed E-state index contributed by atoms with van der Waals surface area (Å²) in [5.74, 6) is -0.150. The first-order valence-electron chi connectivity index (χ1n) is 8.13. The van der Waals surface area contributed by atoms with E-state index in [2.05, 4.69) is 31.2 Å². The summed E-state index contributed by atoms with van der Waals surface area (Å²) in [6.07, 6.45) is 3.40. The minimum atomic E-state index is -0.150. The maximum atomic E-state index is 12.8. The Balaban J connectivity index is 1.71. The number of carbonyl (C=O) groups is 1. The molecule has 1 N–H and O–H groups in total. The average molecular weight is 407 g/mol. The van der Waals surface area contributed by atoms with E-state index in [1.165, 1.54) is 0 Å². The van der Waals surface area contributed by atoms with Crippen molar-refractivity contribution in [3.63, 3.8) is 0 Å². The Morgan fingerprint density at radius 1 is 1.00 bits per heavy atom. The summed E-state index contributed by atoms with van der Waals surface area (Å²) in [6.45, 7) is 0.467. The number of fused-ring (bicyclic) bond motifs is 1. The van der Waals surface area contributed by atoms with Crippen LogP contribution in [0.1, 0.15) is 15.9 Å². The van der Waals surface area contributed by atoms with E-state index in [-0.39, 0.29) is 5.91 Å². The van der Waals surface area contributed by atoms with E-state index in [9.17, 15) is 4.79 Å². The van der Waals surface area contributed by atoms with Gasteiger partial charge in [0.1, 0.15) is 11.8 Å². The van der Waals surface area contributed by atoms with E-state index in [0.717, 1.165) is 21.2 Å². The van der Waals surface area contributed by atoms with Crippen molar-refractivity contribution in [2.75, 3.05) is 0 Å². The summed E-state index contributed by atoms with van der Waals surface area (Å²) in [5, 5.41) is 2.98. The molecule has 128 valence electrons. The van der Waals surface area contributed by atoms with Crippen LogP contribution in [0.4, 0.5) is 0 Å². The van der Waals surface area contributed by atoms with Crippen LogP contribution in [0, 0.1) is 0 Å². The van der Waals surface area contributed by atoms with Crippen LogP contribution in [0.5, 0.6) is 0 Å². The second-order valence-corrected chi connectivity index (χ2v) is 6.62. The second-order valence-electron chi connectivity index (χ2n) is 5.76. The third kappa shape index (κ3) is 3.11. The molecule has 0 saturated carbocycles. The highest BCUT2D eigenvalue weighted by Gasteiger charge is 2.17. The number of aromatic nitrogens is 3. The van der Waals surface area contributed by atoms with Gasteiger partial charge in [-0.25, -0.2) is 9.97 Å². The van der Waals surface area contributed by atoms with Crippen molar-refractivity contribution in [2.24, 2.45) is 0 Å². The average Bonchev–Trinajstić information content (AvgIpc) is 3.10. The first kappa shape index (κ1) is 16.5. The Labute approximate surface area is 158 Å². The number of carbonyl (C=O) groups excluding carboxylic acids is 1. The molecule has 0 atom stereocenters. The fourth-order valence-corrected chi connectivity index (χ4v) is 3.39. The van der Waals surface area contributed by atoms with Crippen molar-refractivity contribution in [3.05, 3.63) is 88.8 Å². The zero-order chi connectivity index (χ0) is 17.9. The molecule has 0 fully saturated rings. The lowest BCUT2D eigenvalue weighted by Gasteiger charge is -2.13. The molecule has 0 aliphatic rings. The van der Waals surface area contributed by atoms with Crippen LogP contribution in [0.2, 0.25) is 0 Å². The van der Waals surface area contributed by atoms with Crippen molar-refractivity contribution in [1.82, 2.24) is 19.9 Å². The number of pyridine rings is 1. The van der Waals surface area contributed by atoms with Gasteiger partial charge in [0, 0.05) is 17.2 Å². The van der Waals surface area contributed by atoms with Gasteiger partial charge in [-0.3, -0.25) is 9.36 Å². The lowest BCUT2D eigenvalue weighted by atomic mass is 10.1. The van der Waals surface area contributed by atoms with E-state index in [1.54, 1.807) is 18.6 Å². The van der Waals surface area contributed by atoms with Gasteiger partial charge in [0.05, 0.1) is 11.3 Å². The van der Waals surface area contributed by atoms with E-state index >= 15 is 0 Å². The maximum absolute atomic E-state index is 12.8. The fraction of sp³-hybridized carbons (Fsp3) is 0.0500. The molecule has 2 aromatic carbocycles. The minimum absolute atomic E-state index is 0.150. The molecular formula is C20H15BrN4O. The quantitative estimate of drug-likeness (QED) is 0.554. The van der Waals surface area contributed by atoms with Crippen LogP contribution in [0.3, 0.4) is 0 Å². The van der Waals surface area contributed by atoms with Gasteiger partial charge >= 0.3 is 0 Å². The predicted molar refractivity (Wildman–Crippen MR) is 104 cm³/mol. The maximum Gasteiger partial charge on any atom is 0.253 e. The van der Waals surface area contributed by atoms with E-state index in [0.29, 0.717) is 17.8 Å². The van der Waals surface area contributed by atoms with Crippen LogP contribution in [0.15, 0.2) is 77.7 Å². The summed E-state index contributed by atoms with van der Waals surface area (Å²) >= 11 is 3.56. The van der Waals surface area contributed by atoms with Crippen molar-refractivity contribution in [1.29, 1.82) is 0 Å². The Hall–Kier alpha value is -2.99. The normalized spacial score (nSPS) is 10.8. The van der Waals surface area contributed by atoms with Gasteiger partial charge in [-0.15, -0.1) is 0 Å². The smallest absolute Gasteiger partial charge is 0.253 e. The van der Waals surface area contributed by atoms with Crippen LogP contribution in [-0.4, -0.2) is 20.4 Å². The first-order valence-corrected chi connectivity index (χ1v) is 8.92. The Bertz CT molecular complexity index is 1080. The van der Waals surface area contributed by atoms with Crippen molar-refractivity contribution < 1.29 is 4.79 Å². The highest BCUT2D eigenvalue weighted by molar-refractivity contribution is 9.10. The zero-order valence-corrected chi connectivity index (χ0v) is 15.3. The molecule has 0 bridgehead atoms. The largest absolute Gasteiger partial charge is 0.348 e. The number of para-hydroxylation sites is 1. The molecule has 0 spiro atoms. The van der Waals surface area contributed by atoms with Crippen LogP contribution in [-0.2, 0) is 6.54 Å². The third-order valence-corrected chi connectivity index (χ3v) is 4.71. The number of halogens is 1. The molecule has 26 heavy (non-hydrogen) atoms. The summed E-state index contributed by atoms with van der Waals surface area (Å²) in [7, 11) is 0. The number of imidazole rings is 1. The molecule has 0 unspecified atom stereocenters. The summed E-state index contributed by atoms with van der Waals surface area (Å²) in [4.78, 5) is 21.6. The molecular weight excluding hydrogens is 392 g/mol. The third-order valence-electron chi connectivity index (χ3n) is 4.07. The summed E-state index contributed by atoms with van der Waals surface area (Å²) in [6, 6.07) is 19.1. The van der Waals surface area contributed by atoms with Gasteiger partial charge in [0.25, 0.3) is 5.91 Å². The molecule has 4 aromatic rings. The van der Waals surface area contributed by atoms with E-state index in [1.807, 2.05) is 59.2 Å². The molecule has 2 heterocycles. The first-order chi connectivity index (χ1) is 12.7. The zero-order valence-electron chi connectivity index (χ0n) is 13.8. The number of nitrogens with zero attached hydrogens (tertiary/aromatic N) is 3. The van der Waals surface area contributed by atoms with Crippen LogP contribution < -0.4 is 5.32 Å².